The molecular formula is C15H20N6O. The minimum Gasteiger partial charge on any atom is -0.326 e. The Morgan fingerprint density at radius 2 is 2.32 bits per heavy atom. The van der Waals surface area contributed by atoms with Crippen LogP contribution in [0.25, 0.3) is 5.69 Å². The minimum absolute atomic E-state index is 0.0152. The predicted octanol–water partition coefficient (Wildman–Crippen LogP) is 1.51. The first-order chi connectivity index (χ1) is 10.6. The van der Waals surface area contributed by atoms with Gasteiger partial charge in [-0.25, -0.2) is 4.68 Å². The molecule has 2 unspecified atom stereocenters. The summed E-state index contributed by atoms with van der Waals surface area (Å²) in [5.74, 6) is -0.170. The number of aromatic nitrogens is 4. The molecule has 0 saturated heterocycles. The number of anilines is 1. The first-order valence-electron chi connectivity index (χ1n) is 7.49. The zero-order chi connectivity index (χ0) is 15.6. The van der Waals surface area contributed by atoms with Gasteiger partial charge < -0.3 is 11.1 Å². The summed E-state index contributed by atoms with van der Waals surface area (Å²) in [6, 6.07) is 7.42. The number of hydrogen-bond donors (Lipinski definition) is 2. The zero-order valence-corrected chi connectivity index (χ0v) is 12.6. The number of nitrogens with one attached hydrogen (secondary N) is 1. The Balaban J connectivity index is 1.75. The van der Waals surface area contributed by atoms with Crippen LogP contribution in [0.2, 0.25) is 0 Å². The van der Waals surface area contributed by atoms with Crippen molar-refractivity contribution in [3.8, 4) is 5.69 Å². The Kier molecular flexibility index (Phi) is 3.89. The average molecular weight is 300 g/mol. The maximum absolute atomic E-state index is 12.5. The van der Waals surface area contributed by atoms with Crippen molar-refractivity contribution in [2.75, 3.05) is 5.32 Å². The highest BCUT2D eigenvalue weighted by molar-refractivity contribution is 5.93. The quantitative estimate of drug-likeness (QED) is 0.895. The molecule has 1 aromatic carbocycles. The molecule has 7 heteroatoms. The molecule has 1 fully saturated rings. The number of tetrazole rings is 1. The molecule has 3 N–H and O–H groups in total. The lowest BCUT2D eigenvalue weighted by atomic mass is 9.74. The van der Waals surface area contributed by atoms with Gasteiger partial charge >= 0.3 is 0 Å². The van der Waals surface area contributed by atoms with E-state index in [1.165, 1.54) is 6.33 Å². The zero-order valence-electron chi connectivity index (χ0n) is 12.6. The van der Waals surface area contributed by atoms with Gasteiger partial charge in [0.15, 0.2) is 0 Å². The highest BCUT2D eigenvalue weighted by Crippen LogP contribution is 2.32. The third kappa shape index (κ3) is 2.99. The first kappa shape index (κ1) is 14.6. The normalized spacial score (nSPS) is 24.9. The van der Waals surface area contributed by atoms with Crippen molar-refractivity contribution in [3.05, 3.63) is 30.6 Å². The van der Waals surface area contributed by atoms with Gasteiger partial charge in [-0.2, -0.15) is 0 Å². The summed E-state index contributed by atoms with van der Waals surface area (Å²) in [5.41, 5.74) is 7.37. The predicted molar refractivity (Wildman–Crippen MR) is 82.3 cm³/mol. The van der Waals surface area contributed by atoms with Gasteiger partial charge in [-0.05, 0) is 48.4 Å². The van der Waals surface area contributed by atoms with Gasteiger partial charge in [0.1, 0.15) is 6.33 Å². The Morgan fingerprint density at radius 1 is 1.45 bits per heavy atom. The van der Waals surface area contributed by atoms with Crippen LogP contribution in [0.5, 0.6) is 0 Å². The van der Waals surface area contributed by atoms with E-state index in [1.807, 2.05) is 31.2 Å². The third-order valence-corrected chi connectivity index (χ3v) is 4.30. The summed E-state index contributed by atoms with van der Waals surface area (Å²) in [5, 5.41) is 14.0. The van der Waals surface area contributed by atoms with E-state index in [1.54, 1.807) is 4.68 Å². The van der Waals surface area contributed by atoms with Gasteiger partial charge in [-0.15, -0.1) is 5.10 Å². The number of benzene rings is 1. The third-order valence-electron chi connectivity index (χ3n) is 4.30. The first-order valence-corrected chi connectivity index (χ1v) is 7.49. The van der Waals surface area contributed by atoms with Crippen LogP contribution >= 0.6 is 0 Å². The van der Waals surface area contributed by atoms with E-state index >= 15 is 0 Å². The molecule has 1 aliphatic rings. The molecule has 1 heterocycles. The van der Waals surface area contributed by atoms with E-state index < -0.39 is 5.54 Å². The topological polar surface area (TPSA) is 98.7 Å². The molecule has 2 atom stereocenters. The molecule has 0 spiro atoms. The number of nitrogens with two attached hydrogens (primary N) is 1. The number of carbonyl (C=O) groups excluding carboxylic acids is 1. The number of amides is 1. The summed E-state index contributed by atoms with van der Waals surface area (Å²) in [7, 11) is 0. The van der Waals surface area contributed by atoms with Crippen molar-refractivity contribution >= 4 is 11.6 Å². The van der Waals surface area contributed by atoms with Crippen LogP contribution in [0.15, 0.2) is 30.6 Å². The van der Waals surface area contributed by atoms with Crippen molar-refractivity contribution in [1.29, 1.82) is 0 Å². The molecule has 7 nitrogen and oxygen atoms in total. The summed E-state index contributed by atoms with van der Waals surface area (Å²) >= 11 is 0. The molecule has 22 heavy (non-hydrogen) atoms. The number of nitrogens with zero attached hydrogens (tertiary/aromatic N) is 4. The van der Waals surface area contributed by atoms with Crippen LogP contribution in [-0.4, -0.2) is 31.7 Å². The van der Waals surface area contributed by atoms with Gasteiger partial charge in [0.2, 0.25) is 5.91 Å². The highest BCUT2D eigenvalue weighted by Gasteiger charge is 2.37. The second-order valence-electron chi connectivity index (χ2n) is 6.10. The maximum Gasteiger partial charge on any atom is 0.229 e. The second-order valence-corrected chi connectivity index (χ2v) is 6.10. The fourth-order valence-electron chi connectivity index (χ4n) is 3.02. The fraction of sp³-hybridized carbons (Fsp3) is 0.467. The van der Waals surface area contributed by atoms with Crippen LogP contribution in [0, 0.1) is 5.92 Å². The van der Waals surface area contributed by atoms with Crippen LogP contribution in [0.4, 0.5) is 5.69 Å². The summed E-state index contributed by atoms with van der Waals surface area (Å²) < 4.78 is 1.54. The molecule has 0 bridgehead atoms. The van der Waals surface area contributed by atoms with Gasteiger partial charge in [-0.3, -0.25) is 4.79 Å². The number of rotatable bonds is 3. The average Bonchev–Trinajstić information content (AvgIpc) is 3.01. The Bertz CT molecular complexity index is 652. The van der Waals surface area contributed by atoms with Gasteiger partial charge in [-0.1, -0.05) is 18.9 Å². The van der Waals surface area contributed by atoms with Crippen molar-refractivity contribution in [2.45, 2.75) is 38.1 Å². The molecule has 1 aliphatic carbocycles. The summed E-state index contributed by atoms with van der Waals surface area (Å²) in [6.07, 6.45) is 5.38. The van der Waals surface area contributed by atoms with Crippen LogP contribution in [-0.2, 0) is 4.79 Å². The lowest BCUT2D eigenvalue weighted by Crippen LogP contribution is -2.51. The number of carbonyl (C=O) groups is 1. The van der Waals surface area contributed by atoms with Crippen molar-refractivity contribution in [3.63, 3.8) is 0 Å². The van der Waals surface area contributed by atoms with Crippen LogP contribution in [0.3, 0.4) is 0 Å². The maximum atomic E-state index is 12.5. The molecule has 0 aliphatic heterocycles. The van der Waals surface area contributed by atoms with Crippen molar-refractivity contribution < 1.29 is 4.79 Å². The molecule has 1 saturated carbocycles. The minimum atomic E-state index is -0.435. The largest absolute Gasteiger partial charge is 0.326 e. The molecule has 0 radical (unpaired) electrons. The Labute approximate surface area is 128 Å². The fourth-order valence-corrected chi connectivity index (χ4v) is 3.02. The molecule has 2 aromatic rings. The van der Waals surface area contributed by atoms with Gasteiger partial charge in [0, 0.05) is 11.2 Å². The molecule has 1 amide bonds. The standard InChI is InChI=1S/C15H20N6O/c1-15(16)8-3-2-7-13(15)14(22)18-11-5-4-6-12(9-11)21-10-17-19-20-21/h4-6,9-10,13H,2-3,7-8,16H2,1H3,(H,18,22). The molecule has 1 aromatic heterocycles. The Morgan fingerprint density at radius 3 is 3.05 bits per heavy atom. The molecule has 116 valence electrons. The lowest BCUT2D eigenvalue weighted by molar-refractivity contribution is -0.122. The monoisotopic (exact) mass is 300 g/mol. The summed E-state index contributed by atoms with van der Waals surface area (Å²) in [4.78, 5) is 12.5. The van der Waals surface area contributed by atoms with Gasteiger partial charge in [0.25, 0.3) is 0 Å². The second kappa shape index (κ2) is 5.84. The molecule has 3 rings (SSSR count). The SMILES string of the molecule is CC1(N)CCCCC1C(=O)Nc1cccc(-n2cnnn2)c1. The number of hydrogen-bond acceptors (Lipinski definition) is 5. The van der Waals surface area contributed by atoms with Crippen molar-refractivity contribution in [2.24, 2.45) is 11.7 Å². The van der Waals surface area contributed by atoms with E-state index in [9.17, 15) is 4.79 Å². The lowest BCUT2D eigenvalue weighted by Gasteiger charge is -2.37. The van der Waals surface area contributed by atoms with E-state index in [0.717, 1.165) is 37.1 Å². The van der Waals surface area contributed by atoms with Gasteiger partial charge in [0.05, 0.1) is 11.6 Å². The van der Waals surface area contributed by atoms with E-state index in [4.69, 9.17) is 5.73 Å². The van der Waals surface area contributed by atoms with E-state index in [-0.39, 0.29) is 11.8 Å². The highest BCUT2D eigenvalue weighted by atomic mass is 16.2. The van der Waals surface area contributed by atoms with Crippen molar-refractivity contribution in [1.82, 2.24) is 20.2 Å². The smallest absolute Gasteiger partial charge is 0.229 e. The van der Waals surface area contributed by atoms with Crippen LogP contribution in [0.1, 0.15) is 32.6 Å². The Hall–Kier alpha value is -2.28. The van der Waals surface area contributed by atoms with E-state index in [0.29, 0.717) is 0 Å². The molecular weight excluding hydrogens is 280 g/mol. The summed E-state index contributed by atoms with van der Waals surface area (Å²) in [6.45, 7) is 1.97. The van der Waals surface area contributed by atoms with Crippen LogP contribution < -0.4 is 11.1 Å². The van der Waals surface area contributed by atoms with E-state index in [2.05, 4.69) is 20.8 Å².